The molecule has 2 rings (SSSR count). The molecule has 2 aliphatic rings. The topological polar surface area (TPSA) is 41.6 Å². The fourth-order valence-electron chi connectivity index (χ4n) is 2.66. The average Bonchev–Trinajstić information content (AvgIpc) is 2.45. The van der Waals surface area contributed by atoms with Crippen molar-refractivity contribution in [3.05, 3.63) is 0 Å². The summed E-state index contributed by atoms with van der Waals surface area (Å²) >= 11 is 1.98. The van der Waals surface area contributed by atoms with Crippen LogP contribution in [0.5, 0.6) is 0 Å². The van der Waals surface area contributed by atoms with Crippen LogP contribution in [0.3, 0.4) is 0 Å². The Morgan fingerprint density at radius 1 is 1.26 bits per heavy atom. The summed E-state index contributed by atoms with van der Waals surface area (Å²) in [4.78, 5) is 14.3. The second-order valence-electron chi connectivity index (χ2n) is 5.55. The number of likely N-dealkylation sites (tertiary alicyclic amines) is 1. The first-order valence-electron chi connectivity index (χ1n) is 7.41. The molecule has 0 atom stereocenters. The van der Waals surface area contributed by atoms with Crippen molar-refractivity contribution in [3.8, 4) is 0 Å². The van der Waals surface area contributed by atoms with Gasteiger partial charge in [-0.25, -0.2) is 0 Å². The molecule has 0 bridgehead atoms. The molecular formula is C14H26N2O2S. The van der Waals surface area contributed by atoms with E-state index in [0.29, 0.717) is 0 Å². The summed E-state index contributed by atoms with van der Waals surface area (Å²) in [6.07, 6.45) is 4.34. The van der Waals surface area contributed by atoms with Crippen LogP contribution in [0.2, 0.25) is 0 Å². The zero-order chi connectivity index (χ0) is 13.5. The van der Waals surface area contributed by atoms with Crippen molar-refractivity contribution in [1.29, 1.82) is 0 Å². The lowest BCUT2D eigenvalue weighted by atomic mass is 9.96. The minimum Gasteiger partial charge on any atom is -0.381 e. The van der Waals surface area contributed by atoms with Crippen LogP contribution < -0.4 is 5.32 Å². The highest BCUT2D eigenvalue weighted by Gasteiger charge is 2.23. The Morgan fingerprint density at radius 2 is 1.95 bits per heavy atom. The first-order valence-corrected chi connectivity index (χ1v) is 8.46. The summed E-state index contributed by atoms with van der Waals surface area (Å²) < 4.78 is 5.35. The van der Waals surface area contributed by atoms with E-state index in [1.807, 2.05) is 11.8 Å². The molecule has 2 aliphatic heterocycles. The minimum absolute atomic E-state index is 0.240. The number of rotatable bonds is 5. The van der Waals surface area contributed by atoms with Crippen molar-refractivity contribution < 1.29 is 9.53 Å². The lowest BCUT2D eigenvalue weighted by molar-refractivity contribution is -0.126. The monoisotopic (exact) mass is 286 g/mol. The van der Waals surface area contributed by atoms with Crippen LogP contribution in [0.25, 0.3) is 0 Å². The largest absolute Gasteiger partial charge is 0.381 e. The zero-order valence-corrected chi connectivity index (χ0v) is 12.7. The number of carbonyl (C=O) groups excluding carboxylic acids is 1. The van der Waals surface area contributed by atoms with Crippen molar-refractivity contribution >= 4 is 17.7 Å². The molecule has 110 valence electrons. The van der Waals surface area contributed by atoms with Crippen molar-refractivity contribution in [1.82, 2.24) is 10.2 Å². The van der Waals surface area contributed by atoms with E-state index in [0.717, 1.165) is 69.5 Å². The molecule has 2 heterocycles. The third kappa shape index (κ3) is 5.32. The van der Waals surface area contributed by atoms with Crippen molar-refractivity contribution in [2.45, 2.75) is 30.9 Å². The highest BCUT2D eigenvalue weighted by molar-refractivity contribution is 7.99. The van der Waals surface area contributed by atoms with E-state index in [2.05, 4.69) is 17.3 Å². The van der Waals surface area contributed by atoms with Gasteiger partial charge in [0.2, 0.25) is 5.91 Å². The van der Waals surface area contributed by atoms with Gasteiger partial charge in [0.15, 0.2) is 0 Å². The predicted octanol–water partition coefficient (Wildman–Crippen LogP) is 1.36. The average molecular weight is 286 g/mol. The second-order valence-corrected chi connectivity index (χ2v) is 6.96. The fraction of sp³-hybridized carbons (Fsp3) is 0.929. The standard InChI is InChI=1S/C14H26N2O2S/c1-16-7-2-12(3-8-16)14(17)15-6-11-19-13-4-9-18-10-5-13/h12-13H,2-11H2,1H3,(H,15,17). The maximum atomic E-state index is 12.0. The van der Waals surface area contributed by atoms with E-state index in [1.165, 1.54) is 0 Å². The van der Waals surface area contributed by atoms with Gasteiger partial charge in [0, 0.05) is 36.7 Å². The van der Waals surface area contributed by atoms with E-state index in [1.54, 1.807) is 0 Å². The van der Waals surface area contributed by atoms with Gasteiger partial charge in [-0.1, -0.05) is 0 Å². The number of amides is 1. The Kier molecular flexibility index (Phi) is 6.47. The van der Waals surface area contributed by atoms with Gasteiger partial charge < -0.3 is 15.0 Å². The van der Waals surface area contributed by atoms with Crippen LogP contribution >= 0.6 is 11.8 Å². The summed E-state index contributed by atoms with van der Waals surface area (Å²) in [6, 6.07) is 0. The Bertz CT molecular complexity index is 275. The molecular weight excluding hydrogens is 260 g/mol. The van der Waals surface area contributed by atoms with Gasteiger partial charge >= 0.3 is 0 Å². The molecule has 19 heavy (non-hydrogen) atoms. The molecule has 1 N–H and O–H groups in total. The molecule has 2 saturated heterocycles. The normalized spacial score (nSPS) is 23.4. The Hall–Kier alpha value is -0.260. The van der Waals surface area contributed by atoms with Gasteiger partial charge in [0.1, 0.15) is 0 Å². The molecule has 0 aromatic heterocycles. The summed E-state index contributed by atoms with van der Waals surface area (Å²) in [5.74, 6) is 1.54. The first kappa shape index (κ1) is 15.1. The van der Waals surface area contributed by atoms with E-state index in [4.69, 9.17) is 4.74 Å². The lowest BCUT2D eigenvalue weighted by Gasteiger charge is -2.28. The summed E-state index contributed by atoms with van der Waals surface area (Å²) in [5, 5.41) is 3.83. The molecule has 5 heteroatoms. The van der Waals surface area contributed by atoms with Crippen LogP contribution in [-0.4, -0.2) is 61.7 Å². The number of thioether (sulfide) groups is 1. The van der Waals surface area contributed by atoms with Crippen LogP contribution in [0, 0.1) is 5.92 Å². The number of nitrogens with zero attached hydrogens (tertiary/aromatic N) is 1. The van der Waals surface area contributed by atoms with Gasteiger partial charge in [0.05, 0.1) is 0 Å². The van der Waals surface area contributed by atoms with E-state index < -0.39 is 0 Å². The number of ether oxygens (including phenoxy) is 1. The quantitative estimate of drug-likeness (QED) is 0.775. The van der Waals surface area contributed by atoms with E-state index in [-0.39, 0.29) is 11.8 Å². The van der Waals surface area contributed by atoms with Gasteiger partial charge in [0.25, 0.3) is 0 Å². The van der Waals surface area contributed by atoms with E-state index in [9.17, 15) is 4.79 Å². The van der Waals surface area contributed by atoms with Crippen LogP contribution in [-0.2, 0) is 9.53 Å². The Morgan fingerprint density at radius 3 is 2.63 bits per heavy atom. The van der Waals surface area contributed by atoms with Gasteiger partial charge in [-0.15, -0.1) is 0 Å². The first-order chi connectivity index (χ1) is 9.25. The Balaban J connectivity index is 1.53. The van der Waals surface area contributed by atoms with Crippen molar-refractivity contribution in [3.63, 3.8) is 0 Å². The molecule has 2 fully saturated rings. The minimum atomic E-state index is 0.240. The summed E-state index contributed by atoms with van der Waals surface area (Å²) in [5.41, 5.74) is 0. The maximum absolute atomic E-state index is 12.0. The molecule has 0 radical (unpaired) electrons. The predicted molar refractivity (Wildman–Crippen MR) is 79.5 cm³/mol. The highest BCUT2D eigenvalue weighted by atomic mass is 32.2. The molecule has 0 saturated carbocycles. The second kappa shape index (κ2) is 8.12. The fourth-order valence-corrected chi connectivity index (χ4v) is 3.74. The number of hydrogen-bond acceptors (Lipinski definition) is 4. The summed E-state index contributed by atoms with van der Waals surface area (Å²) in [6.45, 7) is 4.72. The molecule has 0 spiro atoms. The number of hydrogen-bond donors (Lipinski definition) is 1. The van der Waals surface area contributed by atoms with Crippen molar-refractivity contribution in [2.75, 3.05) is 45.6 Å². The van der Waals surface area contributed by atoms with Gasteiger partial charge in [-0.2, -0.15) is 11.8 Å². The zero-order valence-electron chi connectivity index (χ0n) is 11.9. The Labute approximate surface area is 120 Å². The highest BCUT2D eigenvalue weighted by Crippen LogP contribution is 2.21. The number of carbonyl (C=O) groups is 1. The molecule has 0 aromatic carbocycles. The van der Waals surface area contributed by atoms with Crippen molar-refractivity contribution in [2.24, 2.45) is 5.92 Å². The molecule has 1 amide bonds. The molecule has 4 nitrogen and oxygen atoms in total. The van der Waals surface area contributed by atoms with Crippen LogP contribution in [0.1, 0.15) is 25.7 Å². The number of nitrogens with one attached hydrogen (secondary N) is 1. The molecule has 0 aliphatic carbocycles. The van der Waals surface area contributed by atoms with Crippen LogP contribution in [0.4, 0.5) is 0 Å². The lowest BCUT2D eigenvalue weighted by Crippen LogP contribution is -2.39. The van der Waals surface area contributed by atoms with Gasteiger partial charge in [-0.05, 0) is 45.8 Å². The third-order valence-electron chi connectivity index (χ3n) is 4.01. The summed E-state index contributed by atoms with van der Waals surface area (Å²) in [7, 11) is 2.12. The maximum Gasteiger partial charge on any atom is 0.223 e. The smallest absolute Gasteiger partial charge is 0.223 e. The molecule has 0 unspecified atom stereocenters. The molecule has 0 aromatic rings. The van der Waals surface area contributed by atoms with Gasteiger partial charge in [-0.3, -0.25) is 4.79 Å². The SMILES string of the molecule is CN1CCC(C(=O)NCCSC2CCOCC2)CC1. The number of piperidine rings is 1. The van der Waals surface area contributed by atoms with E-state index >= 15 is 0 Å². The van der Waals surface area contributed by atoms with Crippen LogP contribution in [0.15, 0.2) is 0 Å². The third-order valence-corrected chi connectivity index (χ3v) is 5.40.